The van der Waals surface area contributed by atoms with Crippen LogP contribution in [0.25, 0.3) is 0 Å². The minimum absolute atomic E-state index is 0.0588. The number of rotatable bonds is 7. The van der Waals surface area contributed by atoms with Crippen LogP contribution in [0.1, 0.15) is 52.4 Å². The van der Waals surface area contributed by atoms with Crippen LogP contribution in [0.3, 0.4) is 0 Å². The van der Waals surface area contributed by atoms with Gasteiger partial charge in [0, 0.05) is 12.8 Å². The standard InChI is InChI=1S/C15H24N2O4/c1-6-11(8-20-5)17-14(18)13-9(3)12(10(4)16-13)15(19)21-7-2/h11,16H,6-8H2,1-5H3,(H,17,18). The number of aryl methyl sites for hydroxylation is 1. The first-order chi connectivity index (χ1) is 9.96. The summed E-state index contributed by atoms with van der Waals surface area (Å²) >= 11 is 0. The van der Waals surface area contributed by atoms with Crippen LogP contribution in [0.15, 0.2) is 0 Å². The molecule has 118 valence electrons. The summed E-state index contributed by atoms with van der Waals surface area (Å²) < 4.78 is 10.1. The van der Waals surface area contributed by atoms with Gasteiger partial charge in [0.25, 0.3) is 5.91 Å². The number of methoxy groups -OCH3 is 1. The molecule has 0 saturated carbocycles. The van der Waals surface area contributed by atoms with Crippen LogP contribution in [0.5, 0.6) is 0 Å². The minimum atomic E-state index is -0.410. The van der Waals surface area contributed by atoms with Crippen molar-refractivity contribution in [1.82, 2.24) is 10.3 Å². The maximum absolute atomic E-state index is 12.3. The second-order valence-electron chi connectivity index (χ2n) is 4.88. The fraction of sp³-hybridized carbons (Fsp3) is 0.600. The summed E-state index contributed by atoms with van der Waals surface area (Å²) in [4.78, 5) is 27.2. The maximum atomic E-state index is 12.3. The van der Waals surface area contributed by atoms with Gasteiger partial charge < -0.3 is 19.8 Å². The number of hydrogen-bond donors (Lipinski definition) is 2. The first-order valence-electron chi connectivity index (χ1n) is 7.12. The zero-order valence-corrected chi connectivity index (χ0v) is 13.3. The van der Waals surface area contributed by atoms with Gasteiger partial charge in [0.05, 0.1) is 24.8 Å². The number of esters is 1. The maximum Gasteiger partial charge on any atom is 0.340 e. The van der Waals surface area contributed by atoms with E-state index in [9.17, 15) is 9.59 Å². The molecular formula is C15H24N2O4. The van der Waals surface area contributed by atoms with E-state index in [1.807, 2.05) is 6.92 Å². The number of carbonyl (C=O) groups is 2. The summed E-state index contributed by atoms with van der Waals surface area (Å²) in [6, 6.07) is -0.0588. The third-order valence-corrected chi connectivity index (χ3v) is 3.34. The van der Waals surface area contributed by atoms with E-state index in [2.05, 4.69) is 10.3 Å². The Bertz CT molecular complexity index is 508. The van der Waals surface area contributed by atoms with Crippen LogP contribution in [-0.2, 0) is 9.47 Å². The Morgan fingerprint density at radius 3 is 2.48 bits per heavy atom. The first kappa shape index (κ1) is 17.2. The highest BCUT2D eigenvalue weighted by Crippen LogP contribution is 2.19. The van der Waals surface area contributed by atoms with Gasteiger partial charge in [-0.05, 0) is 32.8 Å². The largest absolute Gasteiger partial charge is 0.462 e. The summed E-state index contributed by atoms with van der Waals surface area (Å²) in [7, 11) is 1.59. The topological polar surface area (TPSA) is 80.4 Å². The average Bonchev–Trinajstić information content (AvgIpc) is 2.73. The van der Waals surface area contributed by atoms with Crippen LogP contribution in [0, 0.1) is 13.8 Å². The average molecular weight is 296 g/mol. The van der Waals surface area contributed by atoms with Crippen molar-refractivity contribution in [2.24, 2.45) is 0 Å². The minimum Gasteiger partial charge on any atom is -0.462 e. The molecule has 1 aromatic rings. The molecule has 0 saturated heterocycles. The molecule has 6 nitrogen and oxygen atoms in total. The quantitative estimate of drug-likeness (QED) is 0.754. The third kappa shape index (κ3) is 4.07. The molecule has 0 aliphatic carbocycles. The van der Waals surface area contributed by atoms with Gasteiger partial charge in [-0.25, -0.2) is 4.79 Å². The molecule has 1 amide bonds. The molecule has 1 unspecified atom stereocenters. The van der Waals surface area contributed by atoms with E-state index in [-0.39, 0.29) is 11.9 Å². The normalized spacial score (nSPS) is 12.0. The fourth-order valence-corrected chi connectivity index (χ4v) is 2.21. The van der Waals surface area contributed by atoms with E-state index < -0.39 is 5.97 Å². The Kier molecular flexibility index (Phi) is 6.42. The Morgan fingerprint density at radius 1 is 1.29 bits per heavy atom. The zero-order valence-electron chi connectivity index (χ0n) is 13.3. The highest BCUT2D eigenvalue weighted by atomic mass is 16.5. The van der Waals surface area contributed by atoms with E-state index >= 15 is 0 Å². The Balaban J connectivity index is 2.96. The van der Waals surface area contributed by atoms with Gasteiger partial charge in [0.15, 0.2) is 0 Å². The molecule has 0 aliphatic rings. The van der Waals surface area contributed by atoms with Crippen molar-refractivity contribution in [1.29, 1.82) is 0 Å². The molecule has 0 aromatic carbocycles. The van der Waals surface area contributed by atoms with Gasteiger partial charge in [0.1, 0.15) is 5.69 Å². The zero-order chi connectivity index (χ0) is 16.0. The van der Waals surface area contributed by atoms with E-state index in [1.54, 1.807) is 27.9 Å². The van der Waals surface area contributed by atoms with E-state index in [0.29, 0.717) is 35.7 Å². The molecule has 0 spiro atoms. The molecule has 0 aliphatic heterocycles. The summed E-state index contributed by atoms with van der Waals surface area (Å²) in [5, 5.41) is 2.89. The van der Waals surface area contributed by atoms with Crippen molar-refractivity contribution in [3.63, 3.8) is 0 Å². The van der Waals surface area contributed by atoms with Crippen molar-refractivity contribution in [3.8, 4) is 0 Å². The number of amides is 1. The van der Waals surface area contributed by atoms with Crippen LogP contribution >= 0.6 is 0 Å². The highest BCUT2D eigenvalue weighted by molar-refractivity contribution is 6.00. The summed E-state index contributed by atoms with van der Waals surface area (Å²) in [6.45, 7) is 7.96. The van der Waals surface area contributed by atoms with Crippen molar-refractivity contribution in [2.75, 3.05) is 20.3 Å². The molecule has 2 N–H and O–H groups in total. The molecule has 1 heterocycles. The Labute approximate surface area is 125 Å². The van der Waals surface area contributed by atoms with E-state index in [4.69, 9.17) is 9.47 Å². The monoisotopic (exact) mass is 296 g/mol. The van der Waals surface area contributed by atoms with Crippen molar-refractivity contribution in [2.45, 2.75) is 40.2 Å². The molecular weight excluding hydrogens is 272 g/mol. The van der Waals surface area contributed by atoms with Gasteiger partial charge in [0.2, 0.25) is 0 Å². The molecule has 0 radical (unpaired) electrons. The van der Waals surface area contributed by atoms with Gasteiger partial charge in [-0.15, -0.1) is 0 Å². The van der Waals surface area contributed by atoms with Gasteiger partial charge in [-0.1, -0.05) is 6.92 Å². The molecule has 1 rings (SSSR count). The first-order valence-corrected chi connectivity index (χ1v) is 7.12. The van der Waals surface area contributed by atoms with Crippen molar-refractivity contribution < 1.29 is 19.1 Å². The van der Waals surface area contributed by atoms with E-state index in [0.717, 1.165) is 6.42 Å². The number of aromatic nitrogens is 1. The SMILES string of the molecule is CCOC(=O)c1c(C)[nH]c(C(=O)NC(CC)COC)c1C. The number of carbonyl (C=O) groups excluding carboxylic acids is 2. The van der Waals surface area contributed by atoms with Gasteiger partial charge in [-0.3, -0.25) is 4.79 Å². The Morgan fingerprint density at radius 2 is 1.95 bits per heavy atom. The lowest BCUT2D eigenvalue weighted by Gasteiger charge is -2.15. The lowest BCUT2D eigenvalue weighted by molar-refractivity contribution is 0.0525. The molecule has 0 bridgehead atoms. The van der Waals surface area contributed by atoms with Gasteiger partial charge >= 0.3 is 5.97 Å². The Hall–Kier alpha value is -1.82. The molecule has 0 fully saturated rings. The number of aromatic amines is 1. The van der Waals surface area contributed by atoms with Gasteiger partial charge in [-0.2, -0.15) is 0 Å². The van der Waals surface area contributed by atoms with Crippen LogP contribution in [-0.4, -0.2) is 43.2 Å². The summed E-state index contributed by atoms with van der Waals surface area (Å²) in [5.41, 5.74) is 2.07. The highest BCUT2D eigenvalue weighted by Gasteiger charge is 2.23. The number of H-pyrrole nitrogens is 1. The second kappa shape index (κ2) is 7.83. The smallest absolute Gasteiger partial charge is 0.340 e. The second-order valence-corrected chi connectivity index (χ2v) is 4.88. The predicted molar refractivity (Wildman–Crippen MR) is 79.6 cm³/mol. The lowest BCUT2D eigenvalue weighted by atomic mass is 10.1. The third-order valence-electron chi connectivity index (χ3n) is 3.34. The molecule has 6 heteroatoms. The molecule has 1 atom stereocenters. The number of nitrogens with one attached hydrogen (secondary N) is 2. The fourth-order valence-electron chi connectivity index (χ4n) is 2.21. The molecule has 1 aromatic heterocycles. The van der Waals surface area contributed by atoms with Crippen molar-refractivity contribution in [3.05, 3.63) is 22.5 Å². The predicted octanol–water partition coefficient (Wildman–Crippen LogP) is 1.96. The van der Waals surface area contributed by atoms with Crippen LogP contribution in [0.4, 0.5) is 0 Å². The van der Waals surface area contributed by atoms with Crippen LogP contribution in [0.2, 0.25) is 0 Å². The summed E-state index contributed by atoms with van der Waals surface area (Å²) in [6.07, 6.45) is 0.767. The van der Waals surface area contributed by atoms with Crippen molar-refractivity contribution >= 4 is 11.9 Å². The molecule has 21 heavy (non-hydrogen) atoms. The number of ether oxygens (including phenoxy) is 2. The van der Waals surface area contributed by atoms with Crippen LogP contribution < -0.4 is 5.32 Å². The van der Waals surface area contributed by atoms with E-state index in [1.165, 1.54) is 0 Å². The summed E-state index contributed by atoms with van der Waals surface area (Å²) in [5.74, 6) is -0.651. The lowest BCUT2D eigenvalue weighted by Crippen LogP contribution is -2.38. The number of hydrogen-bond acceptors (Lipinski definition) is 4.